The first kappa shape index (κ1) is 7.74. The second-order valence-electron chi connectivity index (χ2n) is 3.49. The van der Waals surface area contributed by atoms with Gasteiger partial charge in [0.2, 0.25) is 0 Å². The lowest BCUT2D eigenvalue weighted by Crippen LogP contribution is -2.08. The zero-order valence-electron chi connectivity index (χ0n) is 7.38. The Morgan fingerprint density at radius 3 is 3.08 bits per heavy atom. The normalized spacial score (nSPS) is 22.9. The molecule has 0 spiro atoms. The molecule has 0 aliphatic carbocycles. The van der Waals surface area contributed by atoms with Crippen LogP contribution in [0, 0.1) is 6.92 Å². The topological polar surface area (TPSA) is 24.9 Å². The molecule has 2 rings (SSSR count). The Balaban J connectivity index is 2.21. The highest BCUT2D eigenvalue weighted by Gasteiger charge is 2.16. The van der Waals surface area contributed by atoms with E-state index in [1.54, 1.807) is 0 Å². The van der Waals surface area contributed by atoms with Crippen molar-refractivity contribution >= 4 is 0 Å². The fraction of sp³-hybridized carbons (Fsp3) is 0.500. The van der Waals surface area contributed by atoms with Crippen LogP contribution in [0.5, 0.6) is 0 Å². The third kappa shape index (κ3) is 1.48. The maximum Gasteiger partial charge on any atom is 0.0303 e. The van der Waals surface area contributed by atoms with Crippen LogP contribution in [0.2, 0.25) is 0 Å². The summed E-state index contributed by atoms with van der Waals surface area (Å²) < 4.78 is 0. The molecule has 0 saturated carbocycles. The summed E-state index contributed by atoms with van der Waals surface area (Å²) >= 11 is 0. The smallest absolute Gasteiger partial charge is 0.0303 e. The second-order valence-corrected chi connectivity index (χ2v) is 3.49. The Bertz CT molecular complexity index is 264. The summed E-state index contributed by atoms with van der Waals surface area (Å²) in [4.78, 5) is 4.20. The van der Waals surface area contributed by atoms with Gasteiger partial charge in [-0.1, -0.05) is 6.07 Å². The molecule has 1 aromatic heterocycles. The van der Waals surface area contributed by atoms with Crippen LogP contribution in [-0.2, 0) is 0 Å². The predicted molar refractivity (Wildman–Crippen MR) is 49.2 cm³/mol. The number of aromatic nitrogens is 1. The van der Waals surface area contributed by atoms with Crippen LogP contribution in [0.15, 0.2) is 18.5 Å². The molecule has 1 aliphatic rings. The fourth-order valence-electron chi connectivity index (χ4n) is 1.74. The van der Waals surface area contributed by atoms with Gasteiger partial charge in [-0.15, -0.1) is 0 Å². The third-order valence-corrected chi connectivity index (χ3v) is 2.43. The van der Waals surface area contributed by atoms with E-state index in [1.807, 2.05) is 12.4 Å². The van der Waals surface area contributed by atoms with Crippen LogP contribution in [0.4, 0.5) is 0 Å². The number of hydrogen-bond acceptors (Lipinski definition) is 2. The number of pyridine rings is 1. The zero-order chi connectivity index (χ0) is 8.39. The monoisotopic (exact) mass is 162 g/mol. The molecule has 2 heteroatoms. The molecule has 2 nitrogen and oxygen atoms in total. The number of hydrogen-bond donors (Lipinski definition) is 1. The minimum absolute atomic E-state index is 0.692. The van der Waals surface area contributed by atoms with Crippen LogP contribution >= 0.6 is 0 Å². The van der Waals surface area contributed by atoms with Crippen LogP contribution in [0.1, 0.15) is 23.5 Å². The summed E-state index contributed by atoms with van der Waals surface area (Å²) in [6, 6.07) is 2.24. The standard InChI is InChI=1S/C10H14N2/c1-8-4-10(7-12-5-8)9-2-3-11-6-9/h4-5,7,9,11H,2-3,6H2,1H3/t9-/m1/s1. The Morgan fingerprint density at radius 2 is 2.42 bits per heavy atom. The molecule has 2 heterocycles. The minimum Gasteiger partial charge on any atom is -0.316 e. The molecule has 1 fully saturated rings. The summed E-state index contributed by atoms with van der Waals surface area (Å²) in [6.07, 6.45) is 5.15. The first-order valence-corrected chi connectivity index (χ1v) is 4.48. The average molecular weight is 162 g/mol. The van der Waals surface area contributed by atoms with Crippen LogP contribution in [0.3, 0.4) is 0 Å². The van der Waals surface area contributed by atoms with Crippen LogP contribution in [-0.4, -0.2) is 18.1 Å². The summed E-state index contributed by atoms with van der Waals surface area (Å²) in [5.41, 5.74) is 2.65. The molecular formula is C10H14N2. The molecule has 0 bridgehead atoms. The lowest BCUT2D eigenvalue weighted by molar-refractivity contribution is 0.757. The third-order valence-electron chi connectivity index (χ3n) is 2.43. The molecule has 0 unspecified atom stereocenters. The molecule has 64 valence electrons. The van der Waals surface area contributed by atoms with Gasteiger partial charge < -0.3 is 5.32 Å². The van der Waals surface area contributed by atoms with Gasteiger partial charge >= 0.3 is 0 Å². The van der Waals surface area contributed by atoms with Crippen molar-refractivity contribution in [3.8, 4) is 0 Å². The van der Waals surface area contributed by atoms with Crippen molar-refractivity contribution in [1.82, 2.24) is 10.3 Å². The summed E-state index contributed by atoms with van der Waals surface area (Å²) in [5.74, 6) is 0.692. The molecule has 0 aromatic carbocycles. The maximum absolute atomic E-state index is 4.20. The zero-order valence-corrected chi connectivity index (χ0v) is 7.38. The first-order chi connectivity index (χ1) is 5.86. The molecule has 1 aromatic rings. The minimum atomic E-state index is 0.692. The van der Waals surface area contributed by atoms with Gasteiger partial charge in [-0.2, -0.15) is 0 Å². The van der Waals surface area contributed by atoms with E-state index in [2.05, 4.69) is 23.3 Å². The van der Waals surface area contributed by atoms with E-state index in [0.717, 1.165) is 13.1 Å². The molecule has 1 N–H and O–H groups in total. The Labute approximate surface area is 73.0 Å². The van der Waals surface area contributed by atoms with Gasteiger partial charge in [0, 0.05) is 18.9 Å². The fourth-order valence-corrected chi connectivity index (χ4v) is 1.74. The Kier molecular flexibility index (Phi) is 2.09. The molecule has 1 atom stereocenters. The lowest BCUT2D eigenvalue weighted by Gasteiger charge is -2.07. The molecule has 12 heavy (non-hydrogen) atoms. The van der Waals surface area contributed by atoms with E-state index in [1.165, 1.54) is 17.5 Å². The predicted octanol–water partition coefficient (Wildman–Crippen LogP) is 1.47. The van der Waals surface area contributed by atoms with Crippen molar-refractivity contribution < 1.29 is 0 Å². The van der Waals surface area contributed by atoms with Crippen molar-refractivity contribution in [2.24, 2.45) is 0 Å². The van der Waals surface area contributed by atoms with E-state index in [4.69, 9.17) is 0 Å². The second kappa shape index (κ2) is 3.23. The number of nitrogens with one attached hydrogen (secondary N) is 1. The van der Waals surface area contributed by atoms with Gasteiger partial charge in [0.15, 0.2) is 0 Å². The van der Waals surface area contributed by atoms with Crippen molar-refractivity contribution in [3.05, 3.63) is 29.6 Å². The number of rotatable bonds is 1. The Morgan fingerprint density at radius 1 is 1.50 bits per heavy atom. The number of nitrogens with zero attached hydrogens (tertiary/aromatic N) is 1. The summed E-state index contributed by atoms with van der Waals surface area (Å²) in [5, 5.41) is 3.36. The van der Waals surface area contributed by atoms with Crippen LogP contribution in [0.25, 0.3) is 0 Å². The Hall–Kier alpha value is -0.890. The van der Waals surface area contributed by atoms with E-state index >= 15 is 0 Å². The van der Waals surface area contributed by atoms with E-state index in [9.17, 15) is 0 Å². The van der Waals surface area contributed by atoms with Gasteiger partial charge in [-0.25, -0.2) is 0 Å². The van der Waals surface area contributed by atoms with Gasteiger partial charge in [0.25, 0.3) is 0 Å². The van der Waals surface area contributed by atoms with Crippen molar-refractivity contribution in [3.63, 3.8) is 0 Å². The summed E-state index contributed by atoms with van der Waals surface area (Å²) in [6.45, 7) is 4.36. The van der Waals surface area contributed by atoms with Crippen molar-refractivity contribution in [2.75, 3.05) is 13.1 Å². The van der Waals surface area contributed by atoms with E-state index in [0.29, 0.717) is 5.92 Å². The molecule has 0 amide bonds. The average Bonchev–Trinajstić information content (AvgIpc) is 2.56. The van der Waals surface area contributed by atoms with Gasteiger partial charge in [-0.3, -0.25) is 4.98 Å². The van der Waals surface area contributed by atoms with Crippen molar-refractivity contribution in [2.45, 2.75) is 19.3 Å². The highest BCUT2D eigenvalue weighted by Crippen LogP contribution is 2.21. The maximum atomic E-state index is 4.20. The quantitative estimate of drug-likeness (QED) is 0.676. The SMILES string of the molecule is Cc1cncc([C@@H]2CCNC2)c1. The van der Waals surface area contributed by atoms with Crippen molar-refractivity contribution in [1.29, 1.82) is 0 Å². The molecule has 0 radical (unpaired) electrons. The van der Waals surface area contributed by atoms with E-state index < -0.39 is 0 Å². The molecular weight excluding hydrogens is 148 g/mol. The molecule has 1 saturated heterocycles. The highest BCUT2D eigenvalue weighted by molar-refractivity contribution is 5.21. The van der Waals surface area contributed by atoms with E-state index in [-0.39, 0.29) is 0 Å². The summed E-state index contributed by atoms with van der Waals surface area (Å²) in [7, 11) is 0. The highest BCUT2D eigenvalue weighted by atomic mass is 14.9. The van der Waals surface area contributed by atoms with Gasteiger partial charge in [0.05, 0.1) is 0 Å². The van der Waals surface area contributed by atoms with Gasteiger partial charge in [-0.05, 0) is 36.9 Å². The van der Waals surface area contributed by atoms with Gasteiger partial charge in [0.1, 0.15) is 0 Å². The first-order valence-electron chi connectivity index (χ1n) is 4.48. The largest absolute Gasteiger partial charge is 0.316 e. The lowest BCUT2D eigenvalue weighted by atomic mass is 9.99. The van der Waals surface area contributed by atoms with Crippen LogP contribution < -0.4 is 5.32 Å². The number of aryl methyl sites for hydroxylation is 1. The molecule has 1 aliphatic heterocycles.